The third kappa shape index (κ3) is 1.99. The van der Waals surface area contributed by atoms with Gasteiger partial charge in [-0.25, -0.2) is 15.0 Å². The summed E-state index contributed by atoms with van der Waals surface area (Å²) in [5, 5.41) is 0.579. The fraction of sp³-hybridized carbons (Fsp3) is 0.300. The number of halogens is 1. The van der Waals surface area contributed by atoms with E-state index in [1.54, 1.807) is 6.33 Å². The summed E-state index contributed by atoms with van der Waals surface area (Å²) in [5.74, 6) is 0.591. The summed E-state index contributed by atoms with van der Waals surface area (Å²) in [5.41, 5.74) is 1.90. The number of hydrogen-bond acceptors (Lipinski definition) is 3. The lowest BCUT2D eigenvalue weighted by Crippen LogP contribution is -2.03. The van der Waals surface area contributed by atoms with Gasteiger partial charge in [-0.2, -0.15) is 0 Å². The van der Waals surface area contributed by atoms with E-state index in [0.717, 1.165) is 0 Å². The third-order valence-corrected chi connectivity index (χ3v) is 2.44. The van der Waals surface area contributed by atoms with Crippen molar-refractivity contribution in [3.8, 4) is 11.5 Å². The highest BCUT2D eigenvalue weighted by Gasteiger charge is 2.13. The molecule has 0 saturated carbocycles. The Morgan fingerprint density at radius 1 is 1.40 bits per heavy atom. The molecule has 2 aliphatic heterocycles. The molecule has 5 heteroatoms. The molecule has 0 unspecified atom stereocenters. The fourth-order valence-electron chi connectivity index (χ4n) is 1.22. The molecule has 0 atom stereocenters. The predicted octanol–water partition coefficient (Wildman–Crippen LogP) is 2.40. The molecule has 0 aromatic carbocycles. The maximum absolute atomic E-state index is 6.16. The van der Waals surface area contributed by atoms with Gasteiger partial charge >= 0.3 is 0 Å². The number of aromatic nitrogens is 4. The first-order valence-electron chi connectivity index (χ1n) is 4.63. The minimum Gasteiger partial charge on any atom is -0.317 e. The molecule has 0 amide bonds. The van der Waals surface area contributed by atoms with Crippen molar-refractivity contribution in [1.82, 2.24) is 19.5 Å². The molecular formula is C10H11ClN4. The zero-order valence-corrected chi connectivity index (χ0v) is 9.36. The second-order valence-electron chi connectivity index (χ2n) is 3.52. The van der Waals surface area contributed by atoms with Gasteiger partial charge in [-0.3, -0.25) is 0 Å². The van der Waals surface area contributed by atoms with E-state index in [4.69, 9.17) is 11.6 Å². The summed E-state index contributed by atoms with van der Waals surface area (Å²) in [6.45, 7) is 4.79. The van der Waals surface area contributed by atoms with Crippen LogP contribution >= 0.6 is 11.6 Å². The average molecular weight is 223 g/mol. The summed E-state index contributed by atoms with van der Waals surface area (Å²) < 4.78 is 1.84. The summed E-state index contributed by atoms with van der Waals surface area (Å²) in [6, 6.07) is 0. The van der Waals surface area contributed by atoms with Crippen LogP contribution in [0.5, 0.6) is 0 Å². The quantitative estimate of drug-likeness (QED) is 0.579. The first-order chi connectivity index (χ1) is 7.18. The lowest BCUT2D eigenvalue weighted by molar-refractivity contribution is 0.779. The standard InChI is InChI=1S/C10H11ClN4/c1-7(2)3-4-15-6-14-10-8(9(15)11)12-5-13-10/h3,5-6H,4H2,1-2H3. The van der Waals surface area contributed by atoms with Gasteiger partial charge in [0, 0.05) is 6.54 Å². The Labute approximate surface area is 93.0 Å². The zero-order chi connectivity index (χ0) is 10.8. The van der Waals surface area contributed by atoms with Crippen LogP contribution in [0.25, 0.3) is 11.5 Å². The molecule has 0 fully saturated rings. The van der Waals surface area contributed by atoms with Gasteiger partial charge in [0.05, 0.1) is 6.33 Å². The van der Waals surface area contributed by atoms with E-state index in [-0.39, 0.29) is 0 Å². The van der Waals surface area contributed by atoms with Gasteiger partial charge in [0.25, 0.3) is 0 Å². The topological polar surface area (TPSA) is 43.6 Å². The molecule has 0 bridgehead atoms. The van der Waals surface area contributed by atoms with Crippen LogP contribution < -0.4 is 0 Å². The largest absolute Gasteiger partial charge is 0.317 e. The first kappa shape index (κ1) is 10.1. The van der Waals surface area contributed by atoms with Crippen LogP contribution in [0.2, 0.25) is 5.15 Å². The van der Waals surface area contributed by atoms with E-state index < -0.39 is 0 Å². The van der Waals surface area contributed by atoms with Crippen LogP contribution in [0.1, 0.15) is 13.8 Å². The van der Waals surface area contributed by atoms with Crippen molar-refractivity contribution < 1.29 is 0 Å². The van der Waals surface area contributed by atoms with Crippen LogP contribution in [0, 0.1) is 0 Å². The molecule has 0 aliphatic carbocycles. The Balaban J connectivity index is 2.40. The molecule has 2 rings (SSSR count). The first-order valence-corrected chi connectivity index (χ1v) is 5.01. The smallest absolute Gasteiger partial charge is 0.184 e. The lowest BCUT2D eigenvalue weighted by Gasteiger charge is -2.08. The molecule has 0 aromatic rings. The summed E-state index contributed by atoms with van der Waals surface area (Å²) in [6.07, 6.45) is 5.23. The van der Waals surface area contributed by atoms with Gasteiger partial charge in [-0.1, -0.05) is 23.3 Å². The number of rotatable bonds is 2. The Morgan fingerprint density at radius 3 is 2.93 bits per heavy atom. The van der Waals surface area contributed by atoms with Crippen LogP contribution in [0.4, 0.5) is 0 Å². The van der Waals surface area contributed by atoms with Crippen LogP contribution in [0.3, 0.4) is 0 Å². The molecular weight excluding hydrogens is 212 g/mol. The molecule has 0 spiro atoms. The Hall–Kier alpha value is -1.42. The Morgan fingerprint density at radius 2 is 2.20 bits per heavy atom. The van der Waals surface area contributed by atoms with E-state index in [1.165, 1.54) is 11.9 Å². The Kier molecular flexibility index (Phi) is 2.68. The molecule has 0 aromatic heterocycles. The Bertz CT molecular complexity index is 471. The number of hydrogen-bond donors (Lipinski definition) is 0. The third-order valence-electron chi connectivity index (χ3n) is 2.04. The molecule has 78 valence electrons. The van der Waals surface area contributed by atoms with Crippen LogP contribution in [-0.4, -0.2) is 19.5 Å². The van der Waals surface area contributed by atoms with E-state index in [2.05, 4.69) is 21.0 Å². The van der Waals surface area contributed by atoms with Crippen molar-refractivity contribution >= 4 is 11.6 Å². The maximum atomic E-state index is 6.16. The maximum Gasteiger partial charge on any atom is 0.184 e. The van der Waals surface area contributed by atoms with E-state index in [9.17, 15) is 0 Å². The monoisotopic (exact) mass is 222 g/mol. The van der Waals surface area contributed by atoms with Crippen LogP contribution in [0.15, 0.2) is 24.3 Å². The number of imidazole rings is 1. The molecule has 4 nitrogen and oxygen atoms in total. The summed E-state index contributed by atoms with van der Waals surface area (Å²) in [4.78, 5) is 12.2. The molecule has 2 aliphatic rings. The SMILES string of the molecule is CC(C)=CCn1cnc2ncnc-2c1Cl. The molecule has 0 radical (unpaired) electrons. The predicted molar refractivity (Wildman–Crippen MR) is 58.9 cm³/mol. The van der Waals surface area contributed by atoms with Crippen molar-refractivity contribution in [2.24, 2.45) is 0 Å². The fourth-order valence-corrected chi connectivity index (χ4v) is 1.47. The molecule has 0 N–H and O–H groups in total. The van der Waals surface area contributed by atoms with Crippen molar-refractivity contribution in [2.45, 2.75) is 20.4 Å². The van der Waals surface area contributed by atoms with Gasteiger partial charge in [-0.05, 0) is 13.8 Å². The molecule has 0 saturated heterocycles. The highest BCUT2D eigenvalue weighted by atomic mass is 35.5. The van der Waals surface area contributed by atoms with Gasteiger partial charge in [-0.15, -0.1) is 0 Å². The van der Waals surface area contributed by atoms with E-state index in [0.29, 0.717) is 23.2 Å². The highest BCUT2D eigenvalue weighted by Crippen LogP contribution is 2.23. The second-order valence-corrected chi connectivity index (χ2v) is 3.87. The highest BCUT2D eigenvalue weighted by molar-refractivity contribution is 6.31. The average Bonchev–Trinajstić information content (AvgIpc) is 2.65. The van der Waals surface area contributed by atoms with E-state index in [1.807, 2.05) is 18.4 Å². The van der Waals surface area contributed by atoms with Gasteiger partial charge < -0.3 is 4.57 Å². The zero-order valence-electron chi connectivity index (χ0n) is 8.61. The number of nitrogens with zero attached hydrogens (tertiary/aromatic N) is 4. The van der Waals surface area contributed by atoms with Gasteiger partial charge in [0.1, 0.15) is 17.2 Å². The van der Waals surface area contributed by atoms with Crippen molar-refractivity contribution in [2.75, 3.05) is 0 Å². The number of allylic oxidation sites excluding steroid dienone is 2. The van der Waals surface area contributed by atoms with Gasteiger partial charge in [0.2, 0.25) is 0 Å². The number of fused-ring (bicyclic) bond motifs is 1. The van der Waals surface area contributed by atoms with Crippen molar-refractivity contribution in [1.29, 1.82) is 0 Å². The summed E-state index contributed by atoms with van der Waals surface area (Å²) in [7, 11) is 0. The minimum atomic E-state index is 0.579. The van der Waals surface area contributed by atoms with Crippen LogP contribution in [-0.2, 0) is 6.54 Å². The van der Waals surface area contributed by atoms with Gasteiger partial charge in [0.15, 0.2) is 5.82 Å². The molecule has 2 heterocycles. The molecule has 15 heavy (non-hydrogen) atoms. The van der Waals surface area contributed by atoms with Crippen molar-refractivity contribution in [3.05, 3.63) is 29.5 Å². The summed E-state index contributed by atoms with van der Waals surface area (Å²) >= 11 is 6.16. The van der Waals surface area contributed by atoms with Crippen molar-refractivity contribution in [3.63, 3.8) is 0 Å². The van der Waals surface area contributed by atoms with E-state index >= 15 is 0 Å². The minimum absolute atomic E-state index is 0.579. The normalized spacial score (nSPS) is 10.6. The second kappa shape index (κ2) is 3.98. The lowest BCUT2D eigenvalue weighted by atomic mass is 10.3.